The van der Waals surface area contributed by atoms with Crippen molar-refractivity contribution >= 4 is 29.9 Å². The van der Waals surface area contributed by atoms with Crippen LogP contribution in [0, 0.1) is 5.82 Å². The summed E-state index contributed by atoms with van der Waals surface area (Å²) in [5.41, 5.74) is 0.981. The van der Waals surface area contributed by atoms with Crippen molar-refractivity contribution in [1.82, 2.24) is 15.6 Å². The first-order chi connectivity index (χ1) is 12.1. The lowest BCUT2D eigenvalue weighted by atomic mass is 10.2. The zero-order valence-corrected chi connectivity index (χ0v) is 17.4. The van der Waals surface area contributed by atoms with Gasteiger partial charge in [0.15, 0.2) is 5.96 Å². The molecular weight excluding hydrogens is 450 g/mol. The fourth-order valence-electron chi connectivity index (χ4n) is 2.15. The van der Waals surface area contributed by atoms with E-state index in [0.29, 0.717) is 30.7 Å². The second-order valence-electron chi connectivity index (χ2n) is 5.48. The molecule has 2 N–H and O–H groups in total. The van der Waals surface area contributed by atoms with Gasteiger partial charge in [0.2, 0.25) is 5.88 Å². The fraction of sp³-hybridized carbons (Fsp3) is 0.333. The number of halogens is 2. The van der Waals surface area contributed by atoms with E-state index in [1.807, 2.05) is 19.1 Å². The molecule has 142 valence electrons. The van der Waals surface area contributed by atoms with Gasteiger partial charge in [-0.1, -0.05) is 0 Å². The number of hydrogen-bond donors (Lipinski definition) is 2. The van der Waals surface area contributed by atoms with Gasteiger partial charge in [0.25, 0.3) is 0 Å². The van der Waals surface area contributed by atoms with Crippen LogP contribution in [0.1, 0.15) is 12.5 Å². The number of ether oxygens (including phenoxy) is 2. The molecule has 26 heavy (non-hydrogen) atoms. The van der Waals surface area contributed by atoms with E-state index in [1.54, 1.807) is 32.5 Å². The summed E-state index contributed by atoms with van der Waals surface area (Å²) in [5, 5.41) is 6.45. The largest absolute Gasteiger partial charge is 0.439 e. The molecule has 0 spiro atoms. The maximum atomic E-state index is 12.9. The molecule has 1 atom stereocenters. The molecule has 0 saturated carbocycles. The normalized spacial score (nSPS) is 12.1. The second-order valence-corrected chi connectivity index (χ2v) is 5.48. The number of aromatic nitrogens is 1. The Morgan fingerprint density at radius 1 is 1.27 bits per heavy atom. The highest BCUT2D eigenvalue weighted by Crippen LogP contribution is 2.20. The van der Waals surface area contributed by atoms with Crippen molar-refractivity contribution in [1.29, 1.82) is 0 Å². The summed E-state index contributed by atoms with van der Waals surface area (Å²) in [6.07, 6.45) is 1.67. The molecule has 1 heterocycles. The van der Waals surface area contributed by atoms with E-state index in [2.05, 4.69) is 20.6 Å². The number of hydrogen-bond acceptors (Lipinski definition) is 4. The molecule has 0 amide bonds. The fourth-order valence-corrected chi connectivity index (χ4v) is 2.15. The van der Waals surface area contributed by atoms with Crippen LogP contribution >= 0.6 is 24.0 Å². The minimum atomic E-state index is -0.306. The number of rotatable bonds is 7. The molecule has 8 heteroatoms. The summed E-state index contributed by atoms with van der Waals surface area (Å²) in [4.78, 5) is 8.35. The Morgan fingerprint density at radius 2 is 2.00 bits per heavy atom. The standard InChI is InChI=1S/C18H23FN4O2.HI/c1-13(12-24-3)23-18(20-2)22-11-14-8-9-21-17(10-14)25-16-6-4-15(19)5-7-16;/h4-10,13H,11-12H2,1-3H3,(H2,20,22,23);1H. The van der Waals surface area contributed by atoms with Gasteiger partial charge < -0.3 is 20.1 Å². The first-order valence-corrected chi connectivity index (χ1v) is 7.95. The highest BCUT2D eigenvalue weighted by molar-refractivity contribution is 14.0. The van der Waals surface area contributed by atoms with Gasteiger partial charge in [-0.2, -0.15) is 0 Å². The Labute approximate surface area is 170 Å². The minimum Gasteiger partial charge on any atom is -0.439 e. The predicted octanol–water partition coefficient (Wildman–Crippen LogP) is 3.33. The summed E-state index contributed by atoms with van der Waals surface area (Å²) in [5.74, 6) is 1.36. The van der Waals surface area contributed by atoms with Gasteiger partial charge in [0, 0.05) is 39.0 Å². The van der Waals surface area contributed by atoms with Crippen molar-refractivity contribution in [3.05, 3.63) is 54.0 Å². The van der Waals surface area contributed by atoms with Gasteiger partial charge in [0.05, 0.1) is 6.61 Å². The van der Waals surface area contributed by atoms with Crippen LogP contribution in [0.5, 0.6) is 11.6 Å². The van der Waals surface area contributed by atoms with Gasteiger partial charge in [0.1, 0.15) is 11.6 Å². The van der Waals surface area contributed by atoms with Gasteiger partial charge in [-0.3, -0.25) is 4.99 Å². The van der Waals surface area contributed by atoms with Crippen LogP contribution in [0.25, 0.3) is 0 Å². The van der Waals surface area contributed by atoms with E-state index in [-0.39, 0.29) is 35.8 Å². The number of methoxy groups -OCH3 is 1. The molecule has 0 aliphatic carbocycles. The molecule has 1 aromatic heterocycles. The molecule has 0 saturated heterocycles. The molecule has 2 rings (SSSR count). The van der Waals surface area contributed by atoms with Crippen LogP contribution in [0.2, 0.25) is 0 Å². The van der Waals surface area contributed by atoms with Crippen LogP contribution < -0.4 is 15.4 Å². The molecular formula is C18H24FIN4O2. The van der Waals surface area contributed by atoms with Crippen molar-refractivity contribution in [2.75, 3.05) is 20.8 Å². The molecule has 0 fully saturated rings. The third kappa shape index (κ3) is 7.52. The Bertz CT molecular complexity index is 698. The summed E-state index contributed by atoms with van der Waals surface area (Å²) in [6.45, 7) is 3.16. The quantitative estimate of drug-likeness (QED) is 0.366. The van der Waals surface area contributed by atoms with Crippen LogP contribution in [-0.4, -0.2) is 37.7 Å². The average Bonchev–Trinajstić information content (AvgIpc) is 2.61. The number of guanidine groups is 1. The Balaban J connectivity index is 0.00000338. The number of pyridine rings is 1. The van der Waals surface area contributed by atoms with E-state index in [9.17, 15) is 4.39 Å². The summed E-state index contributed by atoms with van der Waals surface area (Å²) in [6, 6.07) is 9.66. The predicted molar refractivity (Wildman–Crippen MR) is 111 cm³/mol. The highest BCUT2D eigenvalue weighted by atomic mass is 127. The number of nitrogens with zero attached hydrogens (tertiary/aromatic N) is 2. The molecule has 6 nitrogen and oxygen atoms in total. The maximum Gasteiger partial charge on any atom is 0.219 e. The topological polar surface area (TPSA) is 67.8 Å². The number of benzene rings is 1. The summed E-state index contributed by atoms with van der Waals surface area (Å²) in [7, 11) is 3.37. The minimum absolute atomic E-state index is 0. The zero-order chi connectivity index (χ0) is 18.1. The first kappa shape index (κ1) is 22.1. The first-order valence-electron chi connectivity index (χ1n) is 7.95. The molecule has 1 unspecified atom stereocenters. The monoisotopic (exact) mass is 474 g/mol. The summed E-state index contributed by atoms with van der Waals surface area (Å²) < 4.78 is 23.7. The van der Waals surface area contributed by atoms with Crippen molar-refractivity contribution < 1.29 is 13.9 Å². The molecule has 0 radical (unpaired) electrons. The molecule has 0 aliphatic heterocycles. The number of aliphatic imine (C=N–C) groups is 1. The van der Waals surface area contributed by atoms with Crippen LogP contribution in [0.15, 0.2) is 47.6 Å². The molecule has 1 aromatic carbocycles. The Morgan fingerprint density at radius 3 is 2.65 bits per heavy atom. The smallest absolute Gasteiger partial charge is 0.219 e. The zero-order valence-electron chi connectivity index (χ0n) is 15.0. The lowest BCUT2D eigenvalue weighted by Gasteiger charge is -2.17. The lowest BCUT2D eigenvalue weighted by Crippen LogP contribution is -2.43. The van der Waals surface area contributed by atoms with Crippen LogP contribution in [-0.2, 0) is 11.3 Å². The highest BCUT2D eigenvalue weighted by Gasteiger charge is 2.06. The lowest BCUT2D eigenvalue weighted by molar-refractivity contribution is 0.179. The summed E-state index contributed by atoms with van der Waals surface area (Å²) >= 11 is 0. The van der Waals surface area contributed by atoms with E-state index in [4.69, 9.17) is 9.47 Å². The SMILES string of the molecule is CN=C(NCc1ccnc(Oc2ccc(F)cc2)c1)NC(C)COC.I. The number of nitrogens with one attached hydrogen (secondary N) is 2. The van der Waals surface area contributed by atoms with E-state index in [0.717, 1.165) is 5.56 Å². The maximum absolute atomic E-state index is 12.9. The van der Waals surface area contributed by atoms with Gasteiger partial charge in [-0.25, -0.2) is 9.37 Å². The van der Waals surface area contributed by atoms with Crippen molar-refractivity contribution in [3.8, 4) is 11.6 Å². The van der Waals surface area contributed by atoms with E-state index >= 15 is 0 Å². The average molecular weight is 474 g/mol. The third-order valence-corrected chi connectivity index (χ3v) is 3.32. The molecule has 0 aliphatic rings. The van der Waals surface area contributed by atoms with E-state index < -0.39 is 0 Å². The second kappa shape index (κ2) is 11.6. The Hall–Kier alpha value is -1.94. The van der Waals surface area contributed by atoms with Crippen LogP contribution in [0.4, 0.5) is 4.39 Å². The van der Waals surface area contributed by atoms with Gasteiger partial charge >= 0.3 is 0 Å². The third-order valence-electron chi connectivity index (χ3n) is 3.32. The molecule has 0 bridgehead atoms. The van der Waals surface area contributed by atoms with Gasteiger partial charge in [-0.05, 0) is 42.8 Å². The Kier molecular flexibility index (Phi) is 9.89. The van der Waals surface area contributed by atoms with E-state index in [1.165, 1.54) is 12.1 Å². The molecule has 2 aromatic rings. The van der Waals surface area contributed by atoms with Crippen LogP contribution in [0.3, 0.4) is 0 Å². The van der Waals surface area contributed by atoms with Crippen molar-refractivity contribution in [2.45, 2.75) is 19.5 Å². The van der Waals surface area contributed by atoms with Crippen molar-refractivity contribution in [2.24, 2.45) is 4.99 Å². The van der Waals surface area contributed by atoms with Crippen molar-refractivity contribution in [3.63, 3.8) is 0 Å². The van der Waals surface area contributed by atoms with Gasteiger partial charge in [-0.15, -0.1) is 24.0 Å².